The molecule has 0 atom stereocenters. The Morgan fingerprint density at radius 2 is 1.96 bits per heavy atom. The highest BCUT2D eigenvalue weighted by atomic mass is 32.2. The quantitative estimate of drug-likeness (QED) is 0.612. The van der Waals surface area contributed by atoms with Crippen LogP contribution in [0, 0.1) is 6.92 Å². The summed E-state index contributed by atoms with van der Waals surface area (Å²) in [5, 5.41) is 10.5. The van der Waals surface area contributed by atoms with Crippen molar-refractivity contribution in [2.75, 3.05) is 23.3 Å². The molecule has 0 aliphatic carbocycles. The van der Waals surface area contributed by atoms with E-state index in [-0.39, 0.29) is 5.91 Å². The number of benzene rings is 2. The largest absolute Gasteiger partial charge is 0.372 e. The van der Waals surface area contributed by atoms with Gasteiger partial charge in [0, 0.05) is 35.8 Å². The van der Waals surface area contributed by atoms with Crippen LogP contribution in [-0.4, -0.2) is 34.2 Å². The van der Waals surface area contributed by atoms with Crippen molar-refractivity contribution >= 4 is 29.0 Å². The second kappa shape index (κ2) is 8.48. The van der Waals surface area contributed by atoms with Crippen LogP contribution in [0.3, 0.4) is 0 Å². The van der Waals surface area contributed by atoms with Gasteiger partial charge in [-0.3, -0.25) is 9.89 Å². The smallest absolute Gasteiger partial charge is 0.255 e. The number of thioether (sulfide) groups is 1. The number of nitrogens with one attached hydrogen (secondary N) is 2. The van der Waals surface area contributed by atoms with E-state index in [0.717, 1.165) is 40.8 Å². The van der Waals surface area contributed by atoms with Gasteiger partial charge < -0.3 is 10.2 Å². The highest BCUT2D eigenvalue weighted by Gasteiger charge is 2.14. The first kappa shape index (κ1) is 18.6. The van der Waals surface area contributed by atoms with Crippen LogP contribution in [0.25, 0.3) is 0 Å². The van der Waals surface area contributed by atoms with Crippen LogP contribution in [-0.2, 0) is 5.75 Å². The number of aromatic nitrogens is 3. The van der Waals surface area contributed by atoms with E-state index in [9.17, 15) is 4.79 Å². The zero-order valence-electron chi connectivity index (χ0n) is 15.8. The van der Waals surface area contributed by atoms with Crippen molar-refractivity contribution in [2.24, 2.45) is 0 Å². The van der Waals surface area contributed by atoms with E-state index in [1.165, 1.54) is 24.9 Å². The molecular formula is C21H23N5OS. The maximum absolute atomic E-state index is 12.6. The Bertz CT molecular complexity index is 934. The molecule has 1 aliphatic heterocycles. The summed E-state index contributed by atoms with van der Waals surface area (Å²) < 4.78 is 0. The first-order valence-electron chi connectivity index (χ1n) is 9.43. The zero-order valence-corrected chi connectivity index (χ0v) is 16.6. The Morgan fingerprint density at radius 3 is 2.64 bits per heavy atom. The molecule has 1 amide bonds. The summed E-state index contributed by atoms with van der Waals surface area (Å²) in [4.78, 5) is 19.1. The predicted molar refractivity (Wildman–Crippen MR) is 113 cm³/mol. The lowest BCUT2D eigenvalue weighted by molar-refractivity contribution is 0.102. The predicted octanol–water partition coefficient (Wildman–Crippen LogP) is 4.26. The molecule has 2 aromatic carbocycles. The lowest BCUT2D eigenvalue weighted by Crippen LogP contribution is -2.18. The highest BCUT2D eigenvalue weighted by molar-refractivity contribution is 7.98. The fourth-order valence-corrected chi connectivity index (χ4v) is 4.06. The molecule has 6 nitrogen and oxygen atoms in total. The molecule has 1 saturated heterocycles. The molecule has 1 fully saturated rings. The van der Waals surface area contributed by atoms with Crippen LogP contribution in [0.15, 0.2) is 53.9 Å². The summed E-state index contributed by atoms with van der Waals surface area (Å²) in [5.41, 5.74) is 4.96. The van der Waals surface area contributed by atoms with Gasteiger partial charge in [0.25, 0.3) is 5.91 Å². The summed E-state index contributed by atoms with van der Waals surface area (Å²) in [6, 6.07) is 13.9. The Hall–Kier alpha value is -2.80. The summed E-state index contributed by atoms with van der Waals surface area (Å²) in [7, 11) is 0. The number of aromatic amines is 1. The van der Waals surface area contributed by atoms with Gasteiger partial charge in [-0.25, -0.2) is 4.98 Å². The van der Waals surface area contributed by atoms with Crippen molar-refractivity contribution in [2.45, 2.75) is 30.7 Å². The molecule has 2 N–H and O–H groups in total. The standard InChI is InChI=1S/C21H23N5OS/c1-15-12-18(26-10-2-3-11-26)8-9-19(15)24-20(27)17-6-4-16(5-7-17)13-28-21-22-14-23-25-21/h4-9,12,14H,2-3,10-11,13H2,1H3,(H,24,27)(H,22,23,25). The van der Waals surface area contributed by atoms with E-state index >= 15 is 0 Å². The second-order valence-corrected chi connectivity index (χ2v) is 7.89. The van der Waals surface area contributed by atoms with Gasteiger partial charge in [-0.2, -0.15) is 5.10 Å². The Kier molecular flexibility index (Phi) is 5.62. The van der Waals surface area contributed by atoms with Crippen LogP contribution in [0.4, 0.5) is 11.4 Å². The van der Waals surface area contributed by atoms with Crippen LogP contribution in [0.1, 0.15) is 34.3 Å². The summed E-state index contributed by atoms with van der Waals surface area (Å²) >= 11 is 1.58. The lowest BCUT2D eigenvalue weighted by atomic mass is 10.1. The Labute approximate surface area is 168 Å². The molecule has 0 radical (unpaired) electrons. The molecule has 4 rings (SSSR count). The third-order valence-electron chi connectivity index (χ3n) is 4.91. The maximum Gasteiger partial charge on any atom is 0.255 e. The van der Waals surface area contributed by atoms with Gasteiger partial charge >= 0.3 is 0 Å². The van der Waals surface area contributed by atoms with Crippen LogP contribution in [0.5, 0.6) is 0 Å². The van der Waals surface area contributed by atoms with Crippen LogP contribution >= 0.6 is 11.8 Å². The molecule has 2 heterocycles. The summed E-state index contributed by atoms with van der Waals surface area (Å²) in [6.45, 7) is 4.28. The van der Waals surface area contributed by atoms with Crippen molar-refractivity contribution in [1.82, 2.24) is 15.2 Å². The van der Waals surface area contributed by atoms with Gasteiger partial charge in [0.2, 0.25) is 0 Å². The number of carbonyl (C=O) groups is 1. The van der Waals surface area contributed by atoms with Crippen molar-refractivity contribution in [3.05, 3.63) is 65.5 Å². The zero-order chi connectivity index (χ0) is 19.3. The SMILES string of the molecule is Cc1cc(N2CCCC2)ccc1NC(=O)c1ccc(CSc2ncn[nH]2)cc1. The fourth-order valence-electron chi connectivity index (χ4n) is 3.32. The van der Waals surface area contributed by atoms with E-state index < -0.39 is 0 Å². The molecule has 1 aliphatic rings. The van der Waals surface area contributed by atoms with Crippen molar-refractivity contribution in [3.63, 3.8) is 0 Å². The van der Waals surface area contributed by atoms with Crippen LogP contribution < -0.4 is 10.2 Å². The van der Waals surface area contributed by atoms with E-state index in [2.05, 4.69) is 37.5 Å². The molecule has 144 valence electrons. The van der Waals surface area contributed by atoms with Crippen molar-refractivity contribution in [1.29, 1.82) is 0 Å². The number of hydrogen-bond acceptors (Lipinski definition) is 5. The average molecular weight is 394 g/mol. The topological polar surface area (TPSA) is 73.9 Å². The average Bonchev–Trinajstić information content (AvgIpc) is 3.42. The van der Waals surface area contributed by atoms with E-state index in [4.69, 9.17) is 0 Å². The second-order valence-electron chi connectivity index (χ2n) is 6.92. The van der Waals surface area contributed by atoms with Gasteiger partial charge in [-0.05, 0) is 61.2 Å². The number of hydrogen-bond donors (Lipinski definition) is 2. The number of nitrogens with zero attached hydrogens (tertiary/aromatic N) is 3. The number of H-pyrrole nitrogens is 1. The third kappa shape index (κ3) is 4.36. The summed E-state index contributed by atoms with van der Waals surface area (Å²) in [5.74, 6) is 0.681. The van der Waals surface area contributed by atoms with Gasteiger partial charge in [-0.1, -0.05) is 23.9 Å². The number of anilines is 2. The van der Waals surface area contributed by atoms with Gasteiger partial charge in [-0.15, -0.1) is 0 Å². The fraction of sp³-hybridized carbons (Fsp3) is 0.286. The van der Waals surface area contributed by atoms with E-state index in [1.54, 1.807) is 11.8 Å². The minimum absolute atomic E-state index is 0.0912. The summed E-state index contributed by atoms with van der Waals surface area (Å²) in [6.07, 6.45) is 4.00. The lowest BCUT2D eigenvalue weighted by Gasteiger charge is -2.19. The van der Waals surface area contributed by atoms with E-state index in [1.807, 2.05) is 37.3 Å². The molecular weight excluding hydrogens is 370 g/mol. The number of rotatable bonds is 6. The molecule has 0 spiro atoms. The van der Waals surface area contributed by atoms with Gasteiger partial charge in [0.1, 0.15) is 6.33 Å². The Morgan fingerprint density at radius 1 is 1.18 bits per heavy atom. The molecule has 0 unspecified atom stereocenters. The monoisotopic (exact) mass is 393 g/mol. The number of carbonyl (C=O) groups excluding carboxylic acids is 1. The minimum atomic E-state index is -0.0912. The molecule has 1 aromatic heterocycles. The highest BCUT2D eigenvalue weighted by Crippen LogP contribution is 2.26. The first-order valence-corrected chi connectivity index (χ1v) is 10.4. The van der Waals surface area contributed by atoms with Gasteiger partial charge in [0.05, 0.1) is 0 Å². The molecule has 0 bridgehead atoms. The number of amides is 1. The Balaban J connectivity index is 1.37. The molecule has 3 aromatic rings. The number of aryl methyl sites for hydroxylation is 1. The first-order chi connectivity index (χ1) is 13.7. The van der Waals surface area contributed by atoms with Crippen LogP contribution in [0.2, 0.25) is 0 Å². The molecule has 7 heteroatoms. The normalized spacial score (nSPS) is 13.7. The molecule has 28 heavy (non-hydrogen) atoms. The van der Waals surface area contributed by atoms with Gasteiger partial charge in [0.15, 0.2) is 5.16 Å². The minimum Gasteiger partial charge on any atom is -0.372 e. The maximum atomic E-state index is 12.6. The molecule has 0 saturated carbocycles. The van der Waals surface area contributed by atoms with E-state index in [0.29, 0.717) is 5.56 Å². The van der Waals surface area contributed by atoms with Crippen molar-refractivity contribution < 1.29 is 4.79 Å². The van der Waals surface area contributed by atoms with Crippen molar-refractivity contribution in [3.8, 4) is 0 Å². The third-order valence-corrected chi connectivity index (χ3v) is 5.86.